The van der Waals surface area contributed by atoms with Crippen LogP contribution < -0.4 is 5.32 Å². The Balaban J connectivity index is 1.92. The number of aromatic amines is 1. The van der Waals surface area contributed by atoms with Crippen molar-refractivity contribution in [2.24, 2.45) is 0 Å². The van der Waals surface area contributed by atoms with Crippen LogP contribution in [0.25, 0.3) is 11.1 Å². The van der Waals surface area contributed by atoms with Gasteiger partial charge < -0.3 is 14.8 Å². The number of aromatic nitrogens is 4. The van der Waals surface area contributed by atoms with Gasteiger partial charge in [0.2, 0.25) is 0 Å². The van der Waals surface area contributed by atoms with Crippen molar-refractivity contribution in [3.05, 3.63) is 41.2 Å². The lowest BCUT2D eigenvalue weighted by Crippen LogP contribution is -2.24. The molecule has 0 unspecified atom stereocenters. The van der Waals surface area contributed by atoms with Crippen molar-refractivity contribution in [3.8, 4) is 0 Å². The fourth-order valence-electron chi connectivity index (χ4n) is 2.05. The number of nitrogens with one attached hydrogen (secondary N) is 2. The molecule has 0 bridgehead atoms. The zero-order valence-corrected chi connectivity index (χ0v) is 11.1. The number of fused-ring (bicyclic) bond motifs is 1. The van der Waals surface area contributed by atoms with Crippen molar-refractivity contribution in [1.82, 2.24) is 25.4 Å². The van der Waals surface area contributed by atoms with Crippen LogP contribution in [-0.2, 0) is 6.54 Å². The normalized spacial score (nSPS) is 10.9. The molecule has 0 fully saturated rings. The van der Waals surface area contributed by atoms with E-state index in [1.54, 1.807) is 32.3 Å². The Kier molecular flexibility index (Phi) is 2.94. The molecule has 1 amide bonds. The number of imidazole rings is 1. The number of amides is 1. The molecule has 3 aromatic rings. The number of aryl methyl sites for hydroxylation is 2. The number of carbonyl (C=O) groups is 1. The maximum atomic E-state index is 12.3. The van der Waals surface area contributed by atoms with Gasteiger partial charge in [-0.05, 0) is 19.9 Å². The van der Waals surface area contributed by atoms with E-state index < -0.39 is 0 Å². The van der Waals surface area contributed by atoms with Crippen molar-refractivity contribution in [3.63, 3.8) is 0 Å². The fourth-order valence-corrected chi connectivity index (χ4v) is 2.05. The smallest absolute Gasteiger partial charge is 0.258 e. The van der Waals surface area contributed by atoms with E-state index in [4.69, 9.17) is 4.52 Å². The predicted molar refractivity (Wildman–Crippen MR) is 71.0 cm³/mol. The molecule has 0 aromatic carbocycles. The molecule has 0 aliphatic heterocycles. The highest BCUT2D eigenvalue weighted by atomic mass is 16.5. The van der Waals surface area contributed by atoms with Gasteiger partial charge in [-0.1, -0.05) is 5.16 Å². The summed E-state index contributed by atoms with van der Waals surface area (Å²) in [5.74, 6) is 0.491. The molecule has 0 saturated carbocycles. The quantitative estimate of drug-likeness (QED) is 0.752. The maximum absolute atomic E-state index is 12.3. The Bertz CT molecular complexity index is 761. The number of hydrogen-bond acceptors (Lipinski definition) is 5. The highest BCUT2D eigenvalue weighted by Crippen LogP contribution is 2.21. The summed E-state index contributed by atoms with van der Waals surface area (Å²) in [6.45, 7) is 3.92. The minimum atomic E-state index is -0.205. The van der Waals surface area contributed by atoms with Gasteiger partial charge in [-0.3, -0.25) is 4.79 Å². The second-order valence-electron chi connectivity index (χ2n) is 4.48. The van der Waals surface area contributed by atoms with E-state index in [1.165, 1.54) is 0 Å². The first-order chi connectivity index (χ1) is 9.65. The highest BCUT2D eigenvalue weighted by Gasteiger charge is 2.17. The molecule has 3 heterocycles. The molecule has 3 rings (SSSR count). The second kappa shape index (κ2) is 4.76. The second-order valence-corrected chi connectivity index (χ2v) is 4.48. The molecule has 0 atom stereocenters. The van der Waals surface area contributed by atoms with Gasteiger partial charge in [-0.25, -0.2) is 9.97 Å². The summed E-state index contributed by atoms with van der Waals surface area (Å²) in [4.78, 5) is 23.5. The first-order valence-corrected chi connectivity index (χ1v) is 6.15. The van der Waals surface area contributed by atoms with Gasteiger partial charge in [0.25, 0.3) is 11.6 Å². The first kappa shape index (κ1) is 12.3. The molecule has 7 heteroatoms. The molecule has 0 radical (unpaired) electrons. The average Bonchev–Trinajstić information content (AvgIpc) is 3.05. The highest BCUT2D eigenvalue weighted by molar-refractivity contribution is 6.05. The molecule has 7 nitrogen and oxygen atoms in total. The van der Waals surface area contributed by atoms with Gasteiger partial charge in [0.05, 0.1) is 23.2 Å². The van der Waals surface area contributed by atoms with Crippen molar-refractivity contribution in [1.29, 1.82) is 0 Å². The lowest BCUT2D eigenvalue weighted by atomic mass is 10.1. The van der Waals surface area contributed by atoms with Crippen LogP contribution in [0.1, 0.15) is 27.6 Å². The van der Waals surface area contributed by atoms with Gasteiger partial charge in [0.15, 0.2) is 0 Å². The Labute approximate surface area is 114 Å². The van der Waals surface area contributed by atoms with E-state index >= 15 is 0 Å². The summed E-state index contributed by atoms with van der Waals surface area (Å²) >= 11 is 0. The van der Waals surface area contributed by atoms with Crippen molar-refractivity contribution in [2.45, 2.75) is 20.4 Å². The monoisotopic (exact) mass is 271 g/mol. The molecule has 2 N–H and O–H groups in total. The van der Waals surface area contributed by atoms with Crippen LogP contribution in [0.4, 0.5) is 0 Å². The van der Waals surface area contributed by atoms with E-state index in [9.17, 15) is 4.79 Å². The Morgan fingerprint density at radius 3 is 3.05 bits per heavy atom. The largest absolute Gasteiger partial charge is 0.347 e. The van der Waals surface area contributed by atoms with Gasteiger partial charge >= 0.3 is 0 Å². The van der Waals surface area contributed by atoms with E-state index in [1.807, 2.05) is 0 Å². The lowest BCUT2D eigenvalue weighted by molar-refractivity contribution is 0.0951. The first-order valence-electron chi connectivity index (χ1n) is 6.15. The Morgan fingerprint density at radius 1 is 1.45 bits per heavy atom. The number of pyridine rings is 1. The SMILES string of the molecule is Cc1cc(C(=O)NCc2ncc[nH]2)c2c(C)noc2n1. The van der Waals surface area contributed by atoms with Crippen molar-refractivity contribution in [2.75, 3.05) is 0 Å². The summed E-state index contributed by atoms with van der Waals surface area (Å²) in [6.07, 6.45) is 3.35. The van der Waals surface area contributed by atoms with E-state index in [-0.39, 0.29) is 5.91 Å². The Hall–Kier alpha value is -2.70. The summed E-state index contributed by atoms with van der Waals surface area (Å²) in [6, 6.07) is 1.73. The van der Waals surface area contributed by atoms with Gasteiger partial charge in [-0.15, -0.1) is 0 Å². The zero-order valence-electron chi connectivity index (χ0n) is 11.1. The summed E-state index contributed by atoms with van der Waals surface area (Å²) in [5, 5.41) is 7.31. The van der Waals surface area contributed by atoms with Crippen LogP contribution in [0.2, 0.25) is 0 Å². The Morgan fingerprint density at radius 2 is 2.30 bits per heavy atom. The predicted octanol–water partition coefficient (Wildman–Crippen LogP) is 1.49. The summed E-state index contributed by atoms with van der Waals surface area (Å²) in [7, 11) is 0. The zero-order chi connectivity index (χ0) is 14.1. The average molecular weight is 271 g/mol. The minimum absolute atomic E-state index is 0.205. The molecular weight excluding hydrogens is 258 g/mol. The fraction of sp³-hybridized carbons (Fsp3) is 0.231. The van der Waals surface area contributed by atoms with Crippen LogP contribution in [-0.4, -0.2) is 26.0 Å². The number of hydrogen-bond donors (Lipinski definition) is 2. The molecule has 0 saturated heterocycles. The maximum Gasteiger partial charge on any atom is 0.258 e. The van der Waals surface area contributed by atoms with Crippen LogP contribution in [0.5, 0.6) is 0 Å². The van der Waals surface area contributed by atoms with Gasteiger partial charge in [-0.2, -0.15) is 0 Å². The van der Waals surface area contributed by atoms with Crippen LogP contribution in [0.15, 0.2) is 23.0 Å². The standard InChI is InChI=1S/C13H13N5O2/c1-7-5-9(11-8(2)18-20-13(11)17-7)12(19)16-6-10-14-3-4-15-10/h3-5H,6H2,1-2H3,(H,14,15)(H,16,19). The molecular formula is C13H13N5O2. The van der Waals surface area contributed by atoms with Gasteiger partial charge in [0.1, 0.15) is 5.82 Å². The van der Waals surface area contributed by atoms with Crippen LogP contribution in [0.3, 0.4) is 0 Å². The molecule has 0 aliphatic rings. The number of H-pyrrole nitrogens is 1. The summed E-state index contributed by atoms with van der Waals surface area (Å²) in [5.41, 5.74) is 2.25. The van der Waals surface area contributed by atoms with Gasteiger partial charge in [0, 0.05) is 18.1 Å². The third-order valence-electron chi connectivity index (χ3n) is 2.96. The third kappa shape index (κ3) is 2.13. The molecule has 20 heavy (non-hydrogen) atoms. The topological polar surface area (TPSA) is 96.7 Å². The van der Waals surface area contributed by atoms with Crippen molar-refractivity contribution >= 4 is 17.0 Å². The summed E-state index contributed by atoms with van der Waals surface area (Å²) < 4.78 is 5.11. The van der Waals surface area contributed by atoms with E-state index in [2.05, 4.69) is 25.4 Å². The van der Waals surface area contributed by atoms with E-state index in [0.717, 1.165) is 0 Å². The van der Waals surface area contributed by atoms with Crippen molar-refractivity contribution < 1.29 is 9.32 Å². The molecule has 3 aromatic heterocycles. The molecule has 102 valence electrons. The van der Waals surface area contributed by atoms with E-state index in [0.29, 0.717) is 40.4 Å². The van der Waals surface area contributed by atoms with Crippen LogP contribution in [0, 0.1) is 13.8 Å². The molecule has 0 aliphatic carbocycles. The van der Waals surface area contributed by atoms with Crippen LogP contribution >= 0.6 is 0 Å². The lowest BCUT2D eigenvalue weighted by Gasteiger charge is -2.05. The number of rotatable bonds is 3. The third-order valence-corrected chi connectivity index (χ3v) is 2.96. The minimum Gasteiger partial charge on any atom is -0.347 e. The number of nitrogens with zero attached hydrogens (tertiary/aromatic N) is 3. The number of carbonyl (C=O) groups excluding carboxylic acids is 1. The molecule has 0 spiro atoms.